The van der Waals surface area contributed by atoms with E-state index in [-0.39, 0.29) is 69.3 Å². The molecule has 0 spiro atoms. The largest absolute Gasteiger partial charge is 0.378 e. The summed E-state index contributed by atoms with van der Waals surface area (Å²) in [6.45, 7) is 3.92. The fourth-order valence-electron chi connectivity index (χ4n) is 4.92. The van der Waals surface area contributed by atoms with Crippen LogP contribution in [0.3, 0.4) is 0 Å². The van der Waals surface area contributed by atoms with Gasteiger partial charge in [-0.05, 0) is 23.8 Å². The van der Waals surface area contributed by atoms with Gasteiger partial charge in [0.2, 0.25) is 12.3 Å². The molecule has 1 aliphatic heterocycles. The fourth-order valence-corrected chi connectivity index (χ4v) is 4.92. The van der Waals surface area contributed by atoms with Crippen LogP contribution >= 0.6 is 0 Å². The van der Waals surface area contributed by atoms with Gasteiger partial charge in [-0.2, -0.15) is 5.10 Å². The predicted octanol–water partition coefficient (Wildman–Crippen LogP) is 0.404. The molecule has 13 nitrogen and oxygen atoms in total. The Hall–Kier alpha value is -4.24. The van der Waals surface area contributed by atoms with E-state index in [1.54, 1.807) is 29.2 Å². The third-order valence-electron chi connectivity index (χ3n) is 7.34. The lowest BCUT2D eigenvalue weighted by molar-refractivity contribution is -0.137. The second kappa shape index (κ2) is 17.3. The number of ether oxygens (including phenoxy) is 3. The van der Waals surface area contributed by atoms with E-state index in [9.17, 15) is 23.6 Å². The first-order chi connectivity index (χ1) is 21.9. The Morgan fingerprint density at radius 2 is 1.58 bits per heavy atom. The number of hydrogen-bond donors (Lipinski definition) is 2. The topological polar surface area (TPSA) is 160 Å². The highest BCUT2D eigenvalue weighted by Crippen LogP contribution is 2.20. The van der Waals surface area contributed by atoms with E-state index >= 15 is 0 Å². The van der Waals surface area contributed by atoms with Crippen molar-refractivity contribution >= 4 is 29.0 Å². The van der Waals surface area contributed by atoms with E-state index in [4.69, 9.17) is 19.9 Å². The van der Waals surface area contributed by atoms with Gasteiger partial charge < -0.3 is 34.6 Å². The smallest absolute Gasteiger partial charge is 0.272 e. The maximum Gasteiger partial charge on any atom is 0.272 e. The zero-order valence-corrected chi connectivity index (χ0v) is 25.1. The monoisotopic (exact) mass is 626 g/mol. The number of carbonyl (C=O) groups excluding carboxylic acids is 3. The molecule has 1 aliphatic rings. The highest BCUT2D eigenvalue weighted by molar-refractivity contribution is 5.95. The third kappa shape index (κ3) is 9.62. The minimum Gasteiger partial charge on any atom is -0.378 e. The molecule has 0 radical (unpaired) electrons. The number of H-pyrrole nitrogens is 1. The highest BCUT2D eigenvalue weighted by Gasteiger charge is 2.27. The van der Waals surface area contributed by atoms with Gasteiger partial charge in [0.05, 0.1) is 62.8 Å². The van der Waals surface area contributed by atoms with E-state index in [0.29, 0.717) is 68.0 Å². The molecule has 1 aromatic heterocycles. The van der Waals surface area contributed by atoms with Crippen molar-refractivity contribution < 1.29 is 33.0 Å². The van der Waals surface area contributed by atoms with Crippen molar-refractivity contribution in [3.63, 3.8) is 0 Å². The van der Waals surface area contributed by atoms with Crippen molar-refractivity contribution in [1.82, 2.24) is 24.9 Å². The Labute approximate surface area is 260 Å². The van der Waals surface area contributed by atoms with Crippen molar-refractivity contribution in [1.29, 1.82) is 0 Å². The number of aromatic amines is 1. The van der Waals surface area contributed by atoms with E-state index < -0.39 is 11.7 Å². The van der Waals surface area contributed by atoms with Crippen molar-refractivity contribution in [2.24, 2.45) is 5.73 Å². The van der Waals surface area contributed by atoms with Crippen molar-refractivity contribution in [2.45, 2.75) is 6.42 Å². The normalized spacial score (nSPS) is 13.3. The Bertz CT molecular complexity index is 1490. The van der Waals surface area contributed by atoms with Crippen LogP contribution in [0.1, 0.15) is 21.6 Å². The number of fused-ring (bicyclic) bond motifs is 1. The molecule has 2 heterocycles. The molecule has 1 fully saturated rings. The molecule has 3 amide bonds. The molecule has 0 atom stereocenters. The van der Waals surface area contributed by atoms with Crippen LogP contribution < -0.4 is 11.3 Å². The molecule has 1 saturated heterocycles. The van der Waals surface area contributed by atoms with Gasteiger partial charge in [0.15, 0.2) is 0 Å². The summed E-state index contributed by atoms with van der Waals surface area (Å²) in [6.07, 6.45) is 0.894. The first-order valence-electron chi connectivity index (χ1n) is 14.9. The van der Waals surface area contributed by atoms with Gasteiger partial charge in [0, 0.05) is 51.1 Å². The lowest BCUT2D eigenvalue weighted by Crippen LogP contribution is -2.52. The van der Waals surface area contributed by atoms with Crippen LogP contribution in [0.15, 0.2) is 47.3 Å². The molecule has 0 aliphatic carbocycles. The number of piperazine rings is 1. The zero-order valence-electron chi connectivity index (χ0n) is 25.1. The van der Waals surface area contributed by atoms with Gasteiger partial charge in [-0.25, -0.2) is 9.49 Å². The standard InChI is InChI=1S/C31H39FN6O7/c32-27-6-5-23(20-28-24-3-1-2-4-25(24)30(41)35-34-28)19-26(27)31(42)38-10-8-37(9-11-38)29(40)21-36(22-39)12-14-44-16-18-45-17-15-43-13-7-33/h1-6,19,22H,7-18,20-21,33H2,(H,35,41). The fraction of sp³-hybridized carbons (Fsp3) is 0.452. The average Bonchev–Trinajstić information content (AvgIpc) is 3.07. The summed E-state index contributed by atoms with van der Waals surface area (Å²) in [5.41, 5.74) is 6.24. The van der Waals surface area contributed by atoms with Crippen molar-refractivity contribution in [3.05, 3.63) is 75.5 Å². The van der Waals surface area contributed by atoms with Gasteiger partial charge in [-0.3, -0.25) is 19.2 Å². The summed E-state index contributed by atoms with van der Waals surface area (Å²) < 4.78 is 30.9. The molecule has 4 rings (SSSR count). The molecule has 0 bridgehead atoms. The van der Waals surface area contributed by atoms with Crippen LogP contribution in [-0.2, 0) is 30.2 Å². The average molecular weight is 627 g/mol. The molecule has 45 heavy (non-hydrogen) atoms. The van der Waals surface area contributed by atoms with Crippen LogP contribution in [-0.4, -0.2) is 129 Å². The van der Waals surface area contributed by atoms with E-state index in [2.05, 4.69) is 10.2 Å². The molecule has 3 aromatic rings. The first kappa shape index (κ1) is 33.6. The second-order valence-electron chi connectivity index (χ2n) is 10.4. The number of aromatic nitrogens is 2. The van der Waals surface area contributed by atoms with Crippen LogP contribution in [0.2, 0.25) is 0 Å². The summed E-state index contributed by atoms with van der Waals surface area (Å²) in [5.74, 6) is -1.36. The molecule has 14 heteroatoms. The van der Waals surface area contributed by atoms with Crippen molar-refractivity contribution in [2.75, 3.05) is 85.5 Å². The highest BCUT2D eigenvalue weighted by atomic mass is 19.1. The Balaban J connectivity index is 1.23. The molecule has 3 N–H and O–H groups in total. The third-order valence-corrected chi connectivity index (χ3v) is 7.34. The number of nitrogens with two attached hydrogens (primary N) is 1. The van der Waals surface area contributed by atoms with Crippen LogP contribution in [0.25, 0.3) is 10.8 Å². The number of benzene rings is 2. The van der Waals surface area contributed by atoms with Gasteiger partial charge in [0.25, 0.3) is 11.5 Å². The lowest BCUT2D eigenvalue weighted by Gasteiger charge is -2.35. The van der Waals surface area contributed by atoms with Crippen LogP contribution in [0.5, 0.6) is 0 Å². The molecule has 2 aromatic carbocycles. The Morgan fingerprint density at radius 1 is 0.933 bits per heavy atom. The Morgan fingerprint density at radius 3 is 2.27 bits per heavy atom. The minimum absolute atomic E-state index is 0.0709. The van der Waals surface area contributed by atoms with Gasteiger partial charge in [0.1, 0.15) is 5.82 Å². The first-order valence-corrected chi connectivity index (χ1v) is 14.9. The summed E-state index contributed by atoms with van der Waals surface area (Å²) in [4.78, 5) is 54.2. The number of rotatable bonds is 17. The number of hydrogen-bond acceptors (Lipinski definition) is 9. The van der Waals surface area contributed by atoms with Gasteiger partial charge in [-0.1, -0.05) is 24.3 Å². The number of nitrogens with one attached hydrogen (secondary N) is 1. The predicted molar refractivity (Wildman–Crippen MR) is 163 cm³/mol. The lowest BCUT2D eigenvalue weighted by atomic mass is 10.0. The zero-order chi connectivity index (χ0) is 32.0. The number of nitrogens with zero attached hydrogens (tertiary/aromatic N) is 4. The molecule has 0 saturated carbocycles. The Kier molecular flexibility index (Phi) is 12.9. The van der Waals surface area contributed by atoms with Crippen molar-refractivity contribution in [3.8, 4) is 0 Å². The molecule has 0 unspecified atom stereocenters. The maximum absolute atomic E-state index is 14.8. The number of carbonyl (C=O) groups is 3. The van der Waals surface area contributed by atoms with E-state index in [0.717, 1.165) is 0 Å². The number of halogens is 1. The van der Waals surface area contributed by atoms with Gasteiger partial charge >= 0.3 is 0 Å². The maximum atomic E-state index is 14.8. The molecule has 242 valence electrons. The van der Waals surface area contributed by atoms with E-state index in [1.165, 1.54) is 21.9 Å². The summed E-state index contributed by atoms with van der Waals surface area (Å²) in [7, 11) is 0. The summed E-state index contributed by atoms with van der Waals surface area (Å²) in [5, 5.41) is 7.85. The van der Waals surface area contributed by atoms with Crippen LogP contribution in [0, 0.1) is 5.82 Å². The quantitative estimate of drug-likeness (QED) is 0.160. The summed E-state index contributed by atoms with van der Waals surface area (Å²) >= 11 is 0. The minimum atomic E-state index is -0.645. The van der Waals surface area contributed by atoms with Gasteiger partial charge in [-0.15, -0.1) is 0 Å². The molecular weight excluding hydrogens is 587 g/mol. The number of amides is 3. The second-order valence-corrected chi connectivity index (χ2v) is 10.4. The summed E-state index contributed by atoms with van der Waals surface area (Å²) in [6, 6.07) is 11.4. The van der Waals surface area contributed by atoms with E-state index in [1.807, 2.05) is 6.07 Å². The SMILES string of the molecule is NCCOCCOCCOCCN(C=O)CC(=O)N1CCN(C(=O)c2cc(Cc3n[nH]c(=O)c4ccccc34)ccc2F)CC1. The van der Waals surface area contributed by atoms with Crippen LogP contribution in [0.4, 0.5) is 4.39 Å². The molecular formula is C31H39FN6O7.